The van der Waals surface area contributed by atoms with Gasteiger partial charge in [0, 0.05) is 17.0 Å². The minimum absolute atomic E-state index is 0.905. The molecule has 1 aromatic carbocycles. The van der Waals surface area contributed by atoms with Crippen LogP contribution in [0.3, 0.4) is 0 Å². The smallest absolute Gasteiger partial charge is 0.0797 e. The van der Waals surface area contributed by atoms with E-state index in [4.69, 9.17) is 5.73 Å². The summed E-state index contributed by atoms with van der Waals surface area (Å²) in [5.74, 6) is 0. The zero-order valence-electron chi connectivity index (χ0n) is 9.66. The Morgan fingerprint density at radius 3 is 2.75 bits per heavy atom. The maximum atomic E-state index is 5.99. The average Bonchev–Trinajstić information content (AvgIpc) is 2.65. The van der Waals surface area contributed by atoms with Gasteiger partial charge in [0.2, 0.25) is 0 Å². The van der Waals surface area contributed by atoms with Crippen LogP contribution in [0.4, 0.5) is 5.69 Å². The number of aryl methyl sites for hydroxylation is 2. The first-order valence-electron chi connectivity index (χ1n) is 5.47. The van der Waals surface area contributed by atoms with Crippen LogP contribution in [0, 0.1) is 6.92 Å². The number of rotatable bonds is 3. The second kappa shape index (κ2) is 4.66. The van der Waals surface area contributed by atoms with Gasteiger partial charge in [-0.25, -0.2) is 4.98 Å². The third-order valence-electron chi connectivity index (χ3n) is 2.80. The van der Waals surface area contributed by atoms with Crippen LogP contribution in [0.2, 0.25) is 0 Å². The average molecular weight is 232 g/mol. The van der Waals surface area contributed by atoms with E-state index in [0.29, 0.717) is 0 Å². The second-order valence-corrected chi connectivity index (χ2v) is 4.86. The molecule has 0 spiro atoms. The van der Waals surface area contributed by atoms with Crippen molar-refractivity contribution < 1.29 is 0 Å². The number of aromatic nitrogens is 1. The minimum atomic E-state index is 0.905. The van der Waals surface area contributed by atoms with Crippen molar-refractivity contribution in [1.82, 2.24) is 4.98 Å². The van der Waals surface area contributed by atoms with Crippen molar-refractivity contribution >= 4 is 17.0 Å². The van der Waals surface area contributed by atoms with E-state index in [1.807, 2.05) is 5.51 Å². The van der Waals surface area contributed by atoms with Crippen molar-refractivity contribution in [3.8, 4) is 0 Å². The molecule has 0 amide bonds. The maximum Gasteiger partial charge on any atom is 0.0797 e. The van der Waals surface area contributed by atoms with Crippen molar-refractivity contribution in [3.05, 3.63) is 45.4 Å². The van der Waals surface area contributed by atoms with Crippen molar-refractivity contribution in [1.29, 1.82) is 0 Å². The number of anilines is 1. The number of benzene rings is 1. The predicted molar refractivity (Wildman–Crippen MR) is 69.9 cm³/mol. The third-order valence-corrected chi connectivity index (χ3v) is 3.74. The first-order chi connectivity index (χ1) is 7.70. The molecule has 0 fully saturated rings. The van der Waals surface area contributed by atoms with E-state index in [9.17, 15) is 0 Å². The Morgan fingerprint density at radius 2 is 2.19 bits per heavy atom. The Morgan fingerprint density at radius 1 is 1.38 bits per heavy atom. The summed E-state index contributed by atoms with van der Waals surface area (Å²) in [6.07, 6.45) is 1.93. The van der Waals surface area contributed by atoms with Crippen LogP contribution < -0.4 is 5.73 Å². The molecule has 1 aromatic heterocycles. The van der Waals surface area contributed by atoms with Gasteiger partial charge in [0.15, 0.2) is 0 Å². The molecule has 0 saturated heterocycles. The molecule has 1 heterocycles. The van der Waals surface area contributed by atoms with Gasteiger partial charge in [0.1, 0.15) is 0 Å². The maximum absolute atomic E-state index is 5.99. The Balaban J connectivity index is 2.23. The van der Waals surface area contributed by atoms with E-state index < -0.39 is 0 Å². The Kier molecular flexibility index (Phi) is 3.25. The lowest BCUT2D eigenvalue weighted by Crippen LogP contribution is -1.95. The summed E-state index contributed by atoms with van der Waals surface area (Å²) in [6.45, 7) is 4.17. The highest BCUT2D eigenvalue weighted by molar-refractivity contribution is 7.09. The standard InChI is InChI=1S/C13H16N2S/c1-3-11-5-4-10(6-12(11)14)7-13-9(2)15-8-16-13/h4-6,8H,3,7,14H2,1-2H3. The lowest BCUT2D eigenvalue weighted by Gasteiger charge is -2.06. The zero-order valence-corrected chi connectivity index (χ0v) is 10.5. The largest absolute Gasteiger partial charge is 0.398 e. The van der Waals surface area contributed by atoms with Gasteiger partial charge in [-0.3, -0.25) is 0 Å². The summed E-state index contributed by atoms with van der Waals surface area (Å²) >= 11 is 1.71. The highest BCUT2D eigenvalue weighted by atomic mass is 32.1. The van der Waals surface area contributed by atoms with Crippen molar-refractivity contribution in [2.45, 2.75) is 26.7 Å². The summed E-state index contributed by atoms with van der Waals surface area (Å²) in [5, 5.41) is 0. The van der Waals surface area contributed by atoms with Crippen LogP contribution in [0.25, 0.3) is 0 Å². The van der Waals surface area contributed by atoms with E-state index in [-0.39, 0.29) is 0 Å². The topological polar surface area (TPSA) is 38.9 Å². The molecule has 0 radical (unpaired) electrons. The van der Waals surface area contributed by atoms with E-state index in [2.05, 4.69) is 37.0 Å². The Hall–Kier alpha value is -1.35. The zero-order chi connectivity index (χ0) is 11.5. The molecule has 0 aliphatic carbocycles. The number of hydrogen-bond donors (Lipinski definition) is 1. The third kappa shape index (κ3) is 2.25. The number of nitrogen functional groups attached to an aromatic ring is 1. The fourth-order valence-corrected chi connectivity index (χ4v) is 2.57. The summed E-state index contributed by atoms with van der Waals surface area (Å²) in [6, 6.07) is 6.37. The van der Waals surface area contributed by atoms with Gasteiger partial charge < -0.3 is 5.73 Å². The molecule has 0 atom stereocenters. The van der Waals surface area contributed by atoms with Gasteiger partial charge in [-0.15, -0.1) is 11.3 Å². The van der Waals surface area contributed by atoms with E-state index in [1.165, 1.54) is 16.0 Å². The molecule has 84 valence electrons. The molecule has 2 aromatic rings. The van der Waals surface area contributed by atoms with Crippen LogP contribution >= 0.6 is 11.3 Å². The fraction of sp³-hybridized carbons (Fsp3) is 0.308. The molecular weight excluding hydrogens is 216 g/mol. The lowest BCUT2D eigenvalue weighted by atomic mass is 10.0. The summed E-state index contributed by atoms with van der Waals surface area (Å²) < 4.78 is 0. The molecule has 0 unspecified atom stereocenters. The summed E-state index contributed by atoms with van der Waals surface area (Å²) in [4.78, 5) is 5.58. The van der Waals surface area contributed by atoms with Crippen molar-refractivity contribution in [2.75, 3.05) is 5.73 Å². The van der Waals surface area contributed by atoms with Crippen molar-refractivity contribution in [3.63, 3.8) is 0 Å². The predicted octanol–water partition coefficient (Wildman–Crippen LogP) is 3.19. The van der Waals surface area contributed by atoms with Gasteiger partial charge in [0.25, 0.3) is 0 Å². The van der Waals surface area contributed by atoms with Crippen LogP contribution in [-0.4, -0.2) is 4.98 Å². The monoisotopic (exact) mass is 232 g/mol. The Bertz CT molecular complexity index is 488. The molecule has 0 aliphatic rings. The number of nitrogens with zero attached hydrogens (tertiary/aromatic N) is 1. The first-order valence-corrected chi connectivity index (χ1v) is 6.35. The molecule has 0 aliphatic heterocycles. The highest BCUT2D eigenvalue weighted by Crippen LogP contribution is 2.21. The molecule has 0 bridgehead atoms. The summed E-state index contributed by atoms with van der Waals surface area (Å²) in [7, 11) is 0. The molecule has 16 heavy (non-hydrogen) atoms. The van der Waals surface area contributed by atoms with Crippen LogP contribution in [0.5, 0.6) is 0 Å². The SMILES string of the molecule is CCc1ccc(Cc2scnc2C)cc1N. The van der Waals surface area contributed by atoms with E-state index in [0.717, 1.165) is 24.2 Å². The summed E-state index contributed by atoms with van der Waals surface area (Å²) in [5.41, 5.74) is 12.4. The molecule has 0 saturated carbocycles. The number of hydrogen-bond acceptors (Lipinski definition) is 3. The Labute approximate surface area is 100 Å². The lowest BCUT2D eigenvalue weighted by molar-refractivity contribution is 1.12. The number of thiazole rings is 1. The highest BCUT2D eigenvalue weighted by Gasteiger charge is 2.04. The van der Waals surface area contributed by atoms with E-state index in [1.54, 1.807) is 11.3 Å². The van der Waals surface area contributed by atoms with Crippen LogP contribution in [-0.2, 0) is 12.8 Å². The van der Waals surface area contributed by atoms with Crippen LogP contribution in [0.15, 0.2) is 23.7 Å². The first kappa shape index (κ1) is 11.1. The second-order valence-electron chi connectivity index (χ2n) is 3.92. The molecule has 2 nitrogen and oxygen atoms in total. The van der Waals surface area contributed by atoms with Crippen molar-refractivity contribution in [2.24, 2.45) is 0 Å². The van der Waals surface area contributed by atoms with Gasteiger partial charge >= 0.3 is 0 Å². The number of nitrogens with two attached hydrogens (primary N) is 1. The molecule has 2 rings (SSSR count). The van der Waals surface area contributed by atoms with Gasteiger partial charge in [-0.05, 0) is 30.5 Å². The quantitative estimate of drug-likeness (QED) is 0.825. The van der Waals surface area contributed by atoms with Gasteiger partial charge in [-0.1, -0.05) is 19.1 Å². The fourth-order valence-electron chi connectivity index (χ4n) is 1.76. The minimum Gasteiger partial charge on any atom is -0.398 e. The molecular formula is C13H16N2S. The molecule has 2 N–H and O–H groups in total. The van der Waals surface area contributed by atoms with Gasteiger partial charge in [0.05, 0.1) is 11.2 Å². The molecule has 3 heteroatoms. The van der Waals surface area contributed by atoms with E-state index >= 15 is 0 Å². The van der Waals surface area contributed by atoms with Gasteiger partial charge in [-0.2, -0.15) is 0 Å². The normalized spacial score (nSPS) is 10.6. The van der Waals surface area contributed by atoms with Crippen LogP contribution in [0.1, 0.15) is 28.6 Å².